The third kappa shape index (κ3) is 6.73. The molecule has 0 aliphatic rings. The molecule has 114 valence electrons. The van der Waals surface area contributed by atoms with Crippen LogP contribution < -0.4 is 4.72 Å². The normalized spacial score (nSPS) is 13.3. The summed E-state index contributed by atoms with van der Waals surface area (Å²) in [7, 11) is -3.27. The Labute approximate surface area is 127 Å². The molecule has 0 spiro atoms. The average Bonchev–Trinajstić information content (AvgIpc) is 2.41. The fourth-order valence-electron chi connectivity index (χ4n) is 2.04. The standard InChI is InChI=1S/C15H24ClNO2S/c1-3-5-6-13(4-2)11-17-20(18,19)12-14-7-9-15(16)10-8-14/h7-10,13,17H,3-6,11-12H2,1-2H3/t13-/m0/s1. The minimum atomic E-state index is -3.27. The van der Waals surface area contributed by atoms with E-state index in [1.807, 2.05) is 0 Å². The molecule has 0 aliphatic heterocycles. The SMILES string of the molecule is CCCC[C@H](CC)CNS(=O)(=O)Cc1ccc(Cl)cc1. The predicted octanol–water partition coefficient (Wildman–Crippen LogP) is 3.98. The predicted molar refractivity (Wildman–Crippen MR) is 85.4 cm³/mol. The van der Waals surface area contributed by atoms with Gasteiger partial charge in [-0.2, -0.15) is 0 Å². The molecule has 0 saturated heterocycles. The molecule has 5 heteroatoms. The largest absolute Gasteiger partial charge is 0.215 e. The van der Waals surface area contributed by atoms with Gasteiger partial charge in [0, 0.05) is 11.6 Å². The fourth-order valence-corrected chi connectivity index (χ4v) is 3.39. The maximum absolute atomic E-state index is 12.0. The Morgan fingerprint density at radius 2 is 1.85 bits per heavy atom. The summed E-state index contributed by atoms with van der Waals surface area (Å²) >= 11 is 5.79. The Morgan fingerprint density at radius 1 is 1.20 bits per heavy atom. The van der Waals surface area contributed by atoms with Crippen LogP contribution in [-0.2, 0) is 15.8 Å². The first-order valence-corrected chi connectivity index (χ1v) is 9.21. The van der Waals surface area contributed by atoms with Crippen LogP contribution in [0.2, 0.25) is 5.02 Å². The quantitative estimate of drug-likeness (QED) is 0.749. The molecule has 1 aromatic carbocycles. The molecular formula is C15H24ClNO2S. The Balaban J connectivity index is 2.50. The van der Waals surface area contributed by atoms with E-state index in [-0.39, 0.29) is 5.75 Å². The third-order valence-electron chi connectivity index (χ3n) is 3.41. The highest BCUT2D eigenvalue weighted by molar-refractivity contribution is 7.88. The van der Waals surface area contributed by atoms with Gasteiger partial charge in [-0.3, -0.25) is 0 Å². The van der Waals surface area contributed by atoms with Gasteiger partial charge >= 0.3 is 0 Å². The van der Waals surface area contributed by atoms with Crippen LogP contribution in [0.4, 0.5) is 0 Å². The Morgan fingerprint density at radius 3 is 2.40 bits per heavy atom. The van der Waals surface area contributed by atoms with Gasteiger partial charge in [-0.15, -0.1) is 0 Å². The summed E-state index contributed by atoms with van der Waals surface area (Å²) in [6.07, 6.45) is 4.38. The second kappa shape index (κ2) is 8.65. The van der Waals surface area contributed by atoms with Crippen LogP contribution in [0.15, 0.2) is 24.3 Å². The van der Waals surface area contributed by atoms with E-state index in [0.717, 1.165) is 31.2 Å². The first-order valence-electron chi connectivity index (χ1n) is 7.18. The number of hydrogen-bond donors (Lipinski definition) is 1. The lowest BCUT2D eigenvalue weighted by Gasteiger charge is -2.15. The Bertz CT molecular complexity index is 485. The van der Waals surface area contributed by atoms with Crippen molar-refractivity contribution in [3.8, 4) is 0 Å². The maximum Gasteiger partial charge on any atom is 0.215 e. The van der Waals surface area contributed by atoms with E-state index in [1.54, 1.807) is 24.3 Å². The molecule has 0 radical (unpaired) electrons. The minimum Gasteiger partial charge on any atom is -0.215 e. The second-order valence-electron chi connectivity index (χ2n) is 5.15. The molecule has 0 bridgehead atoms. The molecule has 0 aliphatic carbocycles. The number of rotatable bonds is 9. The molecule has 3 nitrogen and oxygen atoms in total. The van der Waals surface area contributed by atoms with E-state index < -0.39 is 10.0 Å². The van der Waals surface area contributed by atoms with Crippen LogP contribution >= 0.6 is 11.6 Å². The van der Waals surface area contributed by atoms with Gasteiger partial charge in [0.05, 0.1) is 5.75 Å². The van der Waals surface area contributed by atoms with Crippen LogP contribution in [0.1, 0.15) is 45.1 Å². The summed E-state index contributed by atoms with van der Waals surface area (Å²) in [5.41, 5.74) is 0.753. The molecule has 1 atom stereocenters. The van der Waals surface area contributed by atoms with Gasteiger partial charge in [0.1, 0.15) is 0 Å². The van der Waals surface area contributed by atoms with Crippen molar-refractivity contribution in [1.29, 1.82) is 0 Å². The lowest BCUT2D eigenvalue weighted by Crippen LogP contribution is -2.30. The van der Waals surface area contributed by atoms with Crippen molar-refractivity contribution in [2.45, 2.75) is 45.3 Å². The summed E-state index contributed by atoms with van der Waals surface area (Å²) in [5.74, 6) is 0.434. The molecule has 0 heterocycles. The summed E-state index contributed by atoms with van der Waals surface area (Å²) < 4.78 is 26.8. The highest BCUT2D eigenvalue weighted by Gasteiger charge is 2.14. The van der Waals surface area contributed by atoms with Crippen LogP contribution in [0, 0.1) is 5.92 Å². The average molecular weight is 318 g/mol. The highest BCUT2D eigenvalue weighted by atomic mass is 35.5. The summed E-state index contributed by atoms with van der Waals surface area (Å²) in [4.78, 5) is 0. The molecule has 1 N–H and O–H groups in total. The fraction of sp³-hybridized carbons (Fsp3) is 0.600. The van der Waals surface area contributed by atoms with Gasteiger partial charge in [0.2, 0.25) is 10.0 Å². The van der Waals surface area contributed by atoms with Crippen LogP contribution in [0.3, 0.4) is 0 Å². The molecular weight excluding hydrogens is 294 g/mol. The van der Waals surface area contributed by atoms with Gasteiger partial charge in [-0.05, 0) is 30.0 Å². The van der Waals surface area contributed by atoms with E-state index in [1.165, 1.54) is 0 Å². The van der Waals surface area contributed by atoms with E-state index in [0.29, 0.717) is 17.5 Å². The van der Waals surface area contributed by atoms with Crippen LogP contribution in [-0.4, -0.2) is 15.0 Å². The van der Waals surface area contributed by atoms with Gasteiger partial charge in [-0.25, -0.2) is 13.1 Å². The smallest absolute Gasteiger partial charge is 0.215 e. The van der Waals surface area contributed by atoms with Crippen molar-refractivity contribution >= 4 is 21.6 Å². The Kier molecular flexibility index (Phi) is 7.56. The molecule has 0 aromatic heterocycles. The number of benzene rings is 1. The lowest BCUT2D eigenvalue weighted by molar-refractivity contribution is 0.443. The van der Waals surface area contributed by atoms with Crippen molar-refractivity contribution in [3.05, 3.63) is 34.9 Å². The zero-order valence-corrected chi connectivity index (χ0v) is 13.8. The Hall–Kier alpha value is -0.580. The van der Waals surface area contributed by atoms with Crippen molar-refractivity contribution in [2.24, 2.45) is 5.92 Å². The number of hydrogen-bond acceptors (Lipinski definition) is 2. The first-order chi connectivity index (χ1) is 9.46. The molecule has 0 saturated carbocycles. The van der Waals surface area contributed by atoms with E-state index in [2.05, 4.69) is 18.6 Å². The zero-order valence-electron chi connectivity index (χ0n) is 12.2. The molecule has 0 amide bonds. The topological polar surface area (TPSA) is 46.2 Å². The van der Waals surface area contributed by atoms with Gasteiger partial charge < -0.3 is 0 Å². The van der Waals surface area contributed by atoms with Crippen molar-refractivity contribution in [1.82, 2.24) is 4.72 Å². The lowest BCUT2D eigenvalue weighted by atomic mass is 10.00. The van der Waals surface area contributed by atoms with Gasteiger partial charge in [-0.1, -0.05) is 56.8 Å². The number of unbranched alkanes of at least 4 members (excludes halogenated alkanes) is 1. The summed E-state index contributed by atoms with van der Waals surface area (Å²) in [6, 6.07) is 6.91. The van der Waals surface area contributed by atoms with E-state index in [9.17, 15) is 8.42 Å². The molecule has 20 heavy (non-hydrogen) atoms. The first kappa shape index (κ1) is 17.5. The van der Waals surface area contributed by atoms with E-state index >= 15 is 0 Å². The highest BCUT2D eigenvalue weighted by Crippen LogP contribution is 2.14. The summed E-state index contributed by atoms with van der Waals surface area (Å²) in [6.45, 7) is 4.79. The number of halogens is 1. The van der Waals surface area contributed by atoms with Gasteiger partial charge in [0.15, 0.2) is 0 Å². The molecule has 0 unspecified atom stereocenters. The molecule has 0 fully saturated rings. The zero-order chi connectivity index (χ0) is 15.0. The third-order valence-corrected chi connectivity index (χ3v) is 4.98. The number of sulfonamides is 1. The van der Waals surface area contributed by atoms with Gasteiger partial charge in [0.25, 0.3) is 0 Å². The van der Waals surface area contributed by atoms with Crippen LogP contribution in [0.5, 0.6) is 0 Å². The van der Waals surface area contributed by atoms with Crippen molar-refractivity contribution in [2.75, 3.05) is 6.54 Å². The second-order valence-corrected chi connectivity index (χ2v) is 7.39. The molecule has 1 rings (SSSR count). The van der Waals surface area contributed by atoms with E-state index in [4.69, 9.17) is 11.6 Å². The summed E-state index contributed by atoms with van der Waals surface area (Å²) in [5, 5.41) is 0.615. The monoisotopic (exact) mass is 317 g/mol. The van der Waals surface area contributed by atoms with Crippen LogP contribution in [0.25, 0.3) is 0 Å². The maximum atomic E-state index is 12.0. The number of nitrogens with one attached hydrogen (secondary N) is 1. The van der Waals surface area contributed by atoms with Crippen molar-refractivity contribution < 1.29 is 8.42 Å². The van der Waals surface area contributed by atoms with Crippen molar-refractivity contribution in [3.63, 3.8) is 0 Å². The minimum absolute atomic E-state index is 0.00831. The molecule has 1 aromatic rings.